The van der Waals surface area contributed by atoms with Crippen LogP contribution in [0.4, 0.5) is 0 Å². The maximum absolute atomic E-state index is 9.74. The third-order valence-electron chi connectivity index (χ3n) is 2.10. The van der Waals surface area contributed by atoms with Gasteiger partial charge in [-0.25, -0.2) is 0 Å². The van der Waals surface area contributed by atoms with Gasteiger partial charge < -0.3 is 27.0 Å². The molecule has 0 aliphatic heterocycles. The molecule has 0 spiro atoms. The van der Waals surface area contributed by atoms with Gasteiger partial charge in [0.2, 0.25) is 0 Å². The van der Waals surface area contributed by atoms with Crippen molar-refractivity contribution in [1.29, 1.82) is 0 Å². The largest absolute Gasteiger partial charge is 0.792 e. The van der Waals surface area contributed by atoms with E-state index in [4.69, 9.17) is 16.7 Å². The van der Waals surface area contributed by atoms with Crippen LogP contribution in [0.2, 0.25) is 0 Å². The molecular formula is C10H21N4O2Pt-3. The van der Waals surface area contributed by atoms with Gasteiger partial charge in [0.25, 0.3) is 0 Å². The molecular weight excluding hydrogens is 403 g/mol. The Morgan fingerprint density at radius 3 is 1.29 bits per heavy atom. The van der Waals surface area contributed by atoms with E-state index in [0.29, 0.717) is 11.4 Å². The van der Waals surface area contributed by atoms with Gasteiger partial charge in [0.05, 0.1) is 0 Å². The Labute approximate surface area is 117 Å². The molecule has 0 unspecified atom stereocenters. The van der Waals surface area contributed by atoms with E-state index < -0.39 is 11.1 Å². The topological polar surface area (TPSA) is 116 Å². The average molecular weight is 424 g/mol. The summed E-state index contributed by atoms with van der Waals surface area (Å²) < 4.78 is 0. The Morgan fingerprint density at radius 1 is 1.00 bits per heavy atom. The van der Waals surface area contributed by atoms with Crippen LogP contribution in [0.1, 0.15) is 41.5 Å². The van der Waals surface area contributed by atoms with E-state index in [9.17, 15) is 5.21 Å². The van der Waals surface area contributed by atoms with Crippen molar-refractivity contribution in [3.8, 4) is 0 Å². The number of hydrogen-bond donors (Lipinski definition) is 1. The second-order valence-corrected chi connectivity index (χ2v) is 4.61. The zero-order chi connectivity index (χ0) is 13.6. The third kappa shape index (κ3) is 11.8. The Balaban J connectivity index is -0.000000218. The summed E-state index contributed by atoms with van der Waals surface area (Å²) in [5, 5.41) is 23.4. The zero-order valence-corrected chi connectivity index (χ0v) is 13.3. The Kier molecular flexibility index (Phi) is 11.0. The molecule has 0 saturated carbocycles. The zero-order valence-electron chi connectivity index (χ0n) is 11.1. The molecule has 17 heavy (non-hydrogen) atoms. The van der Waals surface area contributed by atoms with Crippen molar-refractivity contribution in [3.05, 3.63) is 16.7 Å². The fourth-order valence-electron chi connectivity index (χ4n) is 0.239. The van der Waals surface area contributed by atoms with Gasteiger partial charge in [-0.15, -0.1) is 5.16 Å². The second-order valence-electron chi connectivity index (χ2n) is 4.61. The first-order valence-corrected chi connectivity index (χ1v) is 4.83. The van der Waals surface area contributed by atoms with Crippen LogP contribution < -0.4 is 0 Å². The van der Waals surface area contributed by atoms with Crippen LogP contribution in [0.25, 0.3) is 11.5 Å². The van der Waals surface area contributed by atoms with Crippen LogP contribution in [0, 0.1) is 5.21 Å². The van der Waals surface area contributed by atoms with Crippen molar-refractivity contribution in [2.24, 2.45) is 10.3 Å². The molecule has 0 aromatic carbocycles. The Hall–Kier alpha value is -0.452. The van der Waals surface area contributed by atoms with Crippen LogP contribution in [-0.4, -0.2) is 27.7 Å². The molecule has 0 amide bonds. The van der Waals surface area contributed by atoms with Crippen LogP contribution in [0.3, 0.4) is 0 Å². The molecule has 0 bridgehead atoms. The normalized spacial score (nSPS) is 13.4. The predicted octanol–water partition coefficient (Wildman–Crippen LogP) is 3.44. The molecule has 6 nitrogen and oxygen atoms in total. The first-order chi connectivity index (χ1) is 6.96. The predicted molar refractivity (Wildman–Crippen MR) is 68.2 cm³/mol. The molecule has 0 heterocycles. The molecule has 7 heteroatoms. The molecule has 0 fully saturated rings. The van der Waals surface area contributed by atoms with Crippen molar-refractivity contribution < 1.29 is 26.3 Å². The summed E-state index contributed by atoms with van der Waals surface area (Å²) in [6.45, 7) is 9.77. The summed E-state index contributed by atoms with van der Waals surface area (Å²) in [5.74, 6) is 0. The minimum absolute atomic E-state index is 0. The summed E-state index contributed by atoms with van der Waals surface area (Å²) >= 11 is 0. The number of nitrogens with one attached hydrogen (secondary N) is 2. The van der Waals surface area contributed by atoms with Crippen molar-refractivity contribution >= 4 is 11.4 Å². The summed E-state index contributed by atoms with van der Waals surface area (Å²) in [6.07, 6.45) is 0. The molecule has 0 atom stereocenters. The standard InChI is InChI=1S/2C5H11N2O.Pt/c2*1-4(7-8)5(2,3)6;/h2*6,8H,1-3H3;/q2*-1;/p-1. The number of nitrogens with zero attached hydrogens (tertiary/aromatic N) is 2. The van der Waals surface area contributed by atoms with Gasteiger partial charge in [0, 0.05) is 26.8 Å². The molecule has 0 radical (unpaired) electrons. The van der Waals surface area contributed by atoms with E-state index in [1.807, 2.05) is 0 Å². The maximum Gasteiger partial charge on any atom is 0.0389 e. The van der Waals surface area contributed by atoms with E-state index in [1.54, 1.807) is 41.5 Å². The van der Waals surface area contributed by atoms with E-state index in [1.165, 1.54) is 0 Å². The SMILES string of the molecule is CC(=NO)C(C)(C)[NH-].CC(=N[O-])C(C)(C)[NH-].[Pt]. The smallest absolute Gasteiger partial charge is 0.0389 e. The second kappa shape index (κ2) is 8.61. The molecule has 106 valence electrons. The van der Waals surface area contributed by atoms with Crippen molar-refractivity contribution in [2.75, 3.05) is 0 Å². The van der Waals surface area contributed by atoms with Crippen LogP contribution in [0.15, 0.2) is 10.3 Å². The van der Waals surface area contributed by atoms with Gasteiger partial charge in [-0.05, 0) is 19.6 Å². The van der Waals surface area contributed by atoms with Gasteiger partial charge in [-0.2, -0.15) is 0 Å². The molecule has 0 aliphatic carbocycles. The van der Waals surface area contributed by atoms with Crippen molar-refractivity contribution in [2.45, 2.75) is 52.6 Å². The van der Waals surface area contributed by atoms with E-state index in [0.717, 1.165) is 0 Å². The average Bonchev–Trinajstić information content (AvgIpc) is 2.13. The van der Waals surface area contributed by atoms with Crippen LogP contribution in [0.5, 0.6) is 0 Å². The minimum atomic E-state index is -0.804. The summed E-state index contributed by atoms with van der Waals surface area (Å²) in [5.41, 5.74) is 13.7. The fourth-order valence-corrected chi connectivity index (χ4v) is 0.239. The van der Waals surface area contributed by atoms with Crippen molar-refractivity contribution in [3.63, 3.8) is 0 Å². The Bertz CT molecular complexity index is 236. The first-order valence-electron chi connectivity index (χ1n) is 4.83. The van der Waals surface area contributed by atoms with E-state index in [2.05, 4.69) is 10.3 Å². The molecule has 0 aromatic rings. The van der Waals surface area contributed by atoms with E-state index in [-0.39, 0.29) is 21.1 Å². The Morgan fingerprint density at radius 2 is 1.29 bits per heavy atom. The first kappa shape index (κ1) is 21.8. The van der Waals surface area contributed by atoms with Crippen LogP contribution in [-0.2, 0) is 21.1 Å². The van der Waals surface area contributed by atoms with Gasteiger partial charge in [0.15, 0.2) is 0 Å². The molecule has 0 rings (SSSR count). The minimum Gasteiger partial charge on any atom is -0.792 e. The van der Waals surface area contributed by atoms with Crippen molar-refractivity contribution in [1.82, 2.24) is 0 Å². The van der Waals surface area contributed by atoms with Gasteiger partial charge in [-0.3, -0.25) is 0 Å². The van der Waals surface area contributed by atoms with Gasteiger partial charge >= 0.3 is 0 Å². The molecule has 0 aromatic heterocycles. The molecule has 3 N–H and O–H groups in total. The van der Waals surface area contributed by atoms with Crippen LogP contribution >= 0.6 is 0 Å². The van der Waals surface area contributed by atoms with E-state index >= 15 is 0 Å². The number of hydrogen-bond acceptors (Lipinski definition) is 4. The maximum atomic E-state index is 9.74. The third-order valence-corrected chi connectivity index (χ3v) is 2.10. The fraction of sp³-hybridized carbons (Fsp3) is 0.800. The monoisotopic (exact) mass is 424 g/mol. The molecule has 0 aliphatic rings. The number of oxime groups is 1. The summed E-state index contributed by atoms with van der Waals surface area (Å²) in [7, 11) is 0. The van der Waals surface area contributed by atoms with Gasteiger partial charge in [0.1, 0.15) is 0 Å². The summed E-state index contributed by atoms with van der Waals surface area (Å²) in [4.78, 5) is 0. The number of rotatable bonds is 2. The summed E-state index contributed by atoms with van der Waals surface area (Å²) in [6, 6.07) is 0. The van der Waals surface area contributed by atoms with Gasteiger partial charge in [-0.1, -0.05) is 38.8 Å². The quantitative estimate of drug-likeness (QED) is 0.415. The molecule has 0 saturated heterocycles.